The van der Waals surface area contributed by atoms with E-state index in [1.165, 1.54) is 0 Å². The van der Waals surface area contributed by atoms with Crippen molar-refractivity contribution in [1.82, 2.24) is 5.32 Å². The zero-order chi connectivity index (χ0) is 15.3. The molecule has 1 aliphatic rings. The fourth-order valence-corrected chi connectivity index (χ4v) is 2.45. The third-order valence-corrected chi connectivity index (χ3v) is 3.52. The summed E-state index contributed by atoms with van der Waals surface area (Å²) in [5.74, 6) is -0.414. The summed E-state index contributed by atoms with van der Waals surface area (Å²) in [6.45, 7) is 0.712. The van der Waals surface area contributed by atoms with Gasteiger partial charge in [-0.3, -0.25) is 9.59 Å². The molecule has 1 aromatic carbocycles. The van der Waals surface area contributed by atoms with Crippen LogP contribution in [-0.4, -0.2) is 42.8 Å². The number of rotatable bonds is 6. The highest BCUT2D eigenvalue weighted by atomic mass is 16.5. The van der Waals surface area contributed by atoms with Crippen molar-refractivity contribution in [3.63, 3.8) is 0 Å². The predicted molar refractivity (Wildman–Crippen MR) is 75.3 cm³/mol. The number of amides is 1. The van der Waals surface area contributed by atoms with Crippen molar-refractivity contribution in [1.29, 1.82) is 0 Å². The number of carbonyl (C=O) groups excluding carboxylic acids is 1. The summed E-state index contributed by atoms with van der Waals surface area (Å²) in [5.41, 5.74) is 0.0627. The zero-order valence-corrected chi connectivity index (χ0v) is 11.9. The monoisotopic (exact) mass is 293 g/mol. The smallest absolute Gasteiger partial charge is 0.305 e. The molecule has 2 N–H and O–H groups in total. The maximum Gasteiger partial charge on any atom is 0.305 e. The minimum atomic E-state index is -0.940. The maximum absolute atomic E-state index is 12.1. The van der Waals surface area contributed by atoms with Gasteiger partial charge in [-0.25, -0.2) is 0 Å². The molecular formula is C15H19NO5. The van der Waals surface area contributed by atoms with E-state index in [0.29, 0.717) is 13.0 Å². The molecule has 6 nitrogen and oxygen atoms in total. The molecule has 2 rings (SSSR count). The van der Waals surface area contributed by atoms with Crippen LogP contribution in [0.5, 0.6) is 5.75 Å². The topological polar surface area (TPSA) is 84.9 Å². The second kappa shape index (κ2) is 6.58. The van der Waals surface area contributed by atoms with E-state index in [4.69, 9.17) is 14.6 Å². The number of carbonyl (C=O) groups is 2. The van der Waals surface area contributed by atoms with E-state index in [2.05, 4.69) is 5.32 Å². The number of methoxy groups -OCH3 is 1. The quantitative estimate of drug-likeness (QED) is 0.817. The Morgan fingerprint density at radius 1 is 1.38 bits per heavy atom. The third kappa shape index (κ3) is 4.19. The first-order valence-electron chi connectivity index (χ1n) is 6.76. The van der Waals surface area contributed by atoms with Crippen LogP contribution in [0.15, 0.2) is 24.3 Å². The van der Waals surface area contributed by atoms with Crippen LogP contribution in [0.1, 0.15) is 18.4 Å². The lowest BCUT2D eigenvalue weighted by Crippen LogP contribution is -2.51. The molecule has 1 saturated heterocycles. The molecule has 6 heteroatoms. The first kappa shape index (κ1) is 15.3. The lowest BCUT2D eigenvalue weighted by molar-refractivity contribution is -0.139. The summed E-state index contributed by atoms with van der Waals surface area (Å²) in [7, 11) is 1.58. The van der Waals surface area contributed by atoms with Gasteiger partial charge in [0.1, 0.15) is 5.75 Å². The van der Waals surface area contributed by atoms with Crippen LogP contribution in [0.25, 0.3) is 0 Å². The van der Waals surface area contributed by atoms with E-state index in [-0.39, 0.29) is 25.4 Å². The molecule has 0 aromatic heterocycles. The number of carboxylic acid groups (broad SMARTS) is 1. The van der Waals surface area contributed by atoms with Gasteiger partial charge in [0.15, 0.2) is 0 Å². The van der Waals surface area contributed by atoms with E-state index in [1.54, 1.807) is 19.2 Å². The summed E-state index contributed by atoms with van der Waals surface area (Å²) < 4.78 is 10.3. The first-order chi connectivity index (χ1) is 10.0. The van der Waals surface area contributed by atoms with Crippen LogP contribution < -0.4 is 10.1 Å². The van der Waals surface area contributed by atoms with Crippen LogP contribution >= 0.6 is 0 Å². The van der Waals surface area contributed by atoms with Gasteiger partial charge < -0.3 is 19.9 Å². The normalized spacial score (nSPS) is 21.0. The van der Waals surface area contributed by atoms with Gasteiger partial charge in [0.2, 0.25) is 5.91 Å². The Hall–Kier alpha value is -2.08. The average Bonchev–Trinajstić information content (AvgIpc) is 2.86. The van der Waals surface area contributed by atoms with Crippen LogP contribution in [0.2, 0.25) is 0 Å². The van der Waals surface area contributed by atoms with E-state index < -0.39 is 11.5 Å². The summed E-state index contributed by atoms with van der Waals surface area (Å²) in [6.07, 6.45) is 0.598. The highest BCUT2D eigenvalue weighted by Gasteiger charge is 2.38. The van der Waals surface area contributed by atoms with Crippen LogP contribution in [0.3, 0.4) is 0 Å². The first-order valence-corrected chi connectivity index (χ1v) is 6.76. The Balaban J connectivity index is 1.97. The van der Waals surface area contributed by atoms with Crippen molar-refractivity contribution in [2.45, 2.75) is 24.8 Å². The molecule has 1 unspecified atom stereocenters. The molecule has 1 aliphatic heterocycles. The van der Waals surface area contributed by atoms with E-state index in [0.717, 1.165) is 11.3 Å². The van der Waals surface area contributed by atoms with E-state index >= 15 is 0 Å². The van der Waals surface area contributed by atoms with Crippen LogP contribution in [0, 0.1) is 0 Å². The molecule has 0 saturated carbocycles. The fraction of sp³-hybridized carbons (Fsp3) is 0.467. The SMILES string of the molecule is COc1ccc(CC(=O)NC2(CC(=O)O)CCOC2)cc1. The Kier molecular flexibility index (Phi) is 4.80. The lowest BCUT2D eigenvalue weighted by atomic mass is 9.94. The Morgan fingerprint density at radius 2 is 2.10 bits per heavy atom. The molecule has 1 aromatic rings. The van der Waals surface area contributed by atoms with Crippen molar-refractivity contribution >= 4 is 11.9 Å². The molecule has 0 radical (unpaired) electrons. The standard InChI is InChI=1S/C15H19NO5/c1-20-12-4-2-11(3-5-12)8-13(17)16-15(9-14(18)19)6-7-21-10-15/h2-5H,6-10H2,1H3,(H,16,17)(H,18,19). The predicted octanol–water partition coefficient (Wildman–Crippen LogP) is 0.988. The number of carboxylic acids is 1. The summed E-state index contributed by atoms with van der Waals surface area (Å²) in [5, 5.41) is 11.8. The van der Waals surface area contributed by atoms with Crippen LogP contribution in [-0.2, 0) is 20.7 Å². The zero-order valence-electron chi connectivity index (χ0n) is 11.9. The second-order valence-electron chi connectivity index (χ2n) is 5.23. The number of ether oxygens (including phenoxy) is 2. The van der Waals surface area contributed by atoms with Crippen LogP contribution in [0.4, 0.5) is 0 Å². The summed E-state index contributed by atoms with van der Waals surface area (Å²) in [6, 6.07) is 7.20. The fourth-order valence-electron chi connectivity index (χ4n) is 2.45. The van der Waals surface area contributed by atoms with Gasteiger partial charge in [-0.1, -0.05) is 12.1 Å². The van der Waals surface area contributed by atoms with Gasteiger partial charge in [-0.15, -0.1) is 0 Å². The van der Waals surface area contributed by atoms with E-state index in [1.807, 2.05) is 12.1 Å². The van der Waals surface area contributed by atoms with Gasteiger partial charge in [0, 0.05) is 6.61 Å². The minimum absolute atomic E-state index is 0.124. The van der Waals surface area contributed by atoms with E-state index in [9.17, 15) is 9.59 Å². The summed E-state index contributed by atoms with van der Waals surface area (Å²) in [4.78, 5) is 23.1. The second-order valence-corrected chi connectivity index (χ2v) is 5.23. The van der Waals surface area contributed by atoms with Crippen molar-refractivity contribution < 1.29 is 24.2 Å². The minimum Gasteiger partial charge on any atom is -0.497 e. The van der Waals surface area contributed by atoms with Gasteiger partial charge in [-0.2, -0.15) is 0 Å². The van der Waals surface area contributed by atoms with Crippen molar-refractivity contribution in [3.05, 3.63) is 29.8 Å². The Morgan fingerprint density at radius 3 is 2.62 bits per heavy atom. The van der Waals surface area contributed by atoms with Gasteiger partial charge in [0.25, 0.3) is 0 Å². The highest BCUT2D eigenvalue weighted by molar-refractivity contribution is 5.80. The average molecular weight is 293 g/mol. The third-order valence-electron chi connectivity index (χ3n) is 3.52. The Labute approximate surface area is 123 Å². The van der Waals surface area contributed by atoms with Gasteiger partial charge in [0.05, 0.1) is 32.1 Å². The number of nitrogens with one attached hydrogen (secondary N) is 1. The number of aliphatic carboxylic acids is 1. The molecule has 0 spiro atoms. The molecule has 1 amide bonds. The largest absolute Gasteiger partial charge is 0.497 e. The molecule has 1 fully saturated rings. The lowest BCUT2D eigenvalue weighted by Gasteiger charge is -2.27. The molecule has 1 atom stereocenters. The van der Waals surface area contributed by atoms with Crippen molar-refractivity contribution in [2.24, 2.45) is 0 Å². The summed E-state index contributed by atoms with van der Waals surface area (Å²) >= 11 is 0. The maximum atomic E-state index is 12.1. The molecule has 0 bridgehead atoms. The van der Waals surface area contributed by atoms with Crippen molar-refractivity contribution in [3.8, 4) is 5.75 Å². The Bertz CT molecular complexity index is 505. The number of benzene rings is 1. The highest BCUT2D eigenvalue weighted by Crippen LogP contribution is 2.23. The van der Waals surface area contributed by atoms with Crippen molar-refractivity contribution in [2.75, 3.05) is 20.3 Å². The molecule has 114 valence electrons. The number of hydrogen-bond donors (Lipinski definition) is 2. The molecule has 0 aliphatic carbocycles. The van der Waals surface area contributed by atoms with Gasteiger partial charge in [-0.05, 0) is 24.1 Å². The molecular weight excluding hydrogens is 274 g/mol. The van der Waals surface area contributed by atoms with Gasteiger partial charge >= 0.3 is 5.97 Å². The number of hydrogen-bond acceptors (Lipinski definition) is 4. The molecule has 21 heavy (non-hydrogen) atoms. The molecule has 1 heterocycles.